The summed E-state index contributed by atoms with van der Waals surface area (Å²) in [5.41, 5.74) is 2.72. The molecule has 1 aromatic carbocycles. The Labute approximate surface area is 176 Å². The molecule has 0 spiro atoms. The maximum absolute atomic E-state index is 13.1. The Kier molecular flexibility index (Phi) is 6.01. The zero-order valence-corrected chi connectivity index (χ0v) is 17.4. The largest absolute Gasteiger partial charge is 0.496 e. The molecule has 2 bridgehead atoms. The number of fused-ring (bicyclic) bond motifs is 2. The van der Waals surface area contributed by atoms with Crippen LogP contribution in [0.3, 0.4) is 0 Å². The van der Waals surface area contributed by atoms with Crippen LogP contribution in [0.2, 0.25) is 0 Å². The highest BCUT2D eigenvalue weighted by Gasteiger charge is 2.42. The Bertz CT molecular complexity index is 889. The summed E-state index contributed by atoms with van der Waals surface area (Å²) in [4.78, 5) is 16.9. The third kappa shape index (κ3) is 4.32. The van der Waals surface area contributed by atoms with Gasteiger partial charge in [0.25, 0.3) is 0 Å². The molecule has 3 heterocycles. The van der Waals surface area contributed by atoms with Gasteiger partial charge in [0.2, 0.25) is 0 Å². The highest BCUT2D eigenvalue weighted by molar-refractivity contribution is 5.74. The van der Waals surface area contributed by atoms with Crippen molar-refractivity contribution in [3.8, 4) is 5.75 Å². The van der Waals surface area contributed by atoms with E-state index in [4.69, 9.17) is 9.47 Å². The van der Waals surface area contributed by atoms with Crippen LogP contribution in [0.15, 0.2) is 36.5 Å². The zero-order valence-electron chi connectivity index (χ0n) is 17.4. The number of carbonyl (C=O) groups is 1. The highest BCUT2D eigenvalue weighted by atomic mass is 19.1. The molecule has 1 aromatic heterocycles. The van der Waals surface area contributed by atoms with Crippen LogP contribution >= 0.6 is 0 Å². The first-order valence-corrected chi connectivity index (χ1v) is 10.4. The van der Waals surface area contributed by atoms with Crippen LogP contribution < -0.4 is 15.0 Å². The SMILES string of the molecule is CNC1(Cc2cc(F)ccc2OC)CC1.O=Cc1cc(N2C3COCC2C3)ccn1. The second-order valence-corrected chi connectivity index (χ2v) is 8.21. The van der Waals surface area contributed by atoms with Crippen molar-refractivity contribution in [2.75, 3.05) is 32.3 Å². The number of aromatic nitrogens is 1. The van der Waals surface area contributed by atoms with Gasteiger partial charge in [-0.25, -0.2) is 4.39 Å². The van der Waals surface area contributed by atoms with Crippen molar-refractivity contribution in [2.24, 2.45) is 0 Å². The molecule has 1 saturated carbocycles. The summed E-state index contributed by atoms with van der Waals surface area (Å²) >= 11 is 0. The molecule has 0 amide bonds. The third-order valence-electron chi connectivity index (χ3n) is 6.29. The predicted molar refractivity (Wildman–Crippen MR) is 113 cm³/mol. The number of nitrogens with one attached hydrogen (secondary N) is 1. The van der Waals surface area contributed by atoms with Crippen LogP contribution in [0.5, 0.6) is 5.75 Å². The minimum absolute atomic E-state index is 0.182. The number of rotatable bonds is 6. The topological polar surface area (TPSA) is 63.7 Å². The monoisotopic (exact) mass is 413 g/mol. The van der Waals surface area contributed by atoms with Gasteiger partial charge in [-0.05, 0) is 68.6 Å². The fraction of sp³-hybridized carbons (Fsp3) is 0.478. The van der Waals surface area contributed by atoms with Crippen molar-refractivity contribution in [3.05, 3.63) is 53.6 Å². The van der Waals surface area contributed by atoms with Gasteiger partial charge in [-0.3, -0.25) is 9.78 Å². The molecule has 160 valence electrons. The number of methoxy groups -OCH3 is 1. The summed E-state index contributed by atoms with van der Waals surface area (Å²) in [5.74, 6) is 0.579. The van der Waals surface area contributed by atoms with Crippen molar-refractivity contribution in [1.29, 1.82) is 0 Å². The molecule has 2 aromatic rings. The summed E-state index contributed by atoms with van der Waals surface area (Å²) in [6, 6.07) is 9.47. The van der Waals surface area contributed by atoms with Gasteiger partial charge in [-0.1, -0.05) is 0 Å². The van der Waals surface area contributed by atoms with Crippen LogP contribution in [-0.2, 0) is 11.2 Å². The van der Waals surface area contributed by atoms with Crippen LogP contribution in [0.25, 0.3) is 0 Å². The Hall–Kier alpha value is -2.51. The first-order valence-electron chi connectivity index (χ1n) is 10.4. The molecule has 2 unspecified atom stereocenters. The molecule has 3 fully saturated rings. The molecular weight excluding hydrogens is 385 g/mol. The molecule has 2 atom stereocenters. The Morgan fingerprint density at radius 1 is 1.30 bits per heavy atom. The first kappa shape index (κ1) is 20.8. The van der Waals surface area contributed by atoms with E-state index in [1.165, 1.54) is 12.5 Å². The number of hydrogen-bond acceptors (Lipinski definition) is 6. The Balaban J connectivity index is 0.000000145. The van der Waals surface area contributed by atoms with Gasteiger partial charge in [0, 0.05) is 17.4 Å². The zero-order chi connectivity index (χ0) is 21.1. The van der Waals surface area contributed by atoms with Gasteiger partial charge >= 0.3 is 0 Å². The number of carbonyl (C=O) groups excluding carboxylic acids is 1. The number of halogens is 1. The predicted octanol–water partition coefficient (Wildman–Crippen LogP) is 3.00. The molecule has 6 nitrogen and oxygen atoms in total. The lowest BCUT2D eigenvalue weighted by atomic mass is 9.90. The molecule has 3 aliphatic rings. The highest BCUT2D eigenvalue weighted by Crippen LogP contribution is 2.40. The summed E-state index contributed by atoms with van der Waals surface area (Å²) < 4.78 is 23.7. The Morgan fingerprint density at radius 3 is 2.67 bits per heavy atom. The molecule has 1 N–H and O–H groups in total. The second-order valence-electron chi connectivity index (χ2n) is 8.21. The van der Waals surface area contributed by atoms with Crippen molar-refractivity contribution in [1.82, 2.24) is 10.3 Å². The molecular formula is C23H28FN3O3. The lowest BCUT2D eigenvalue weighted by Gasteiger charge is -2.53. The average Bonchev–Trinajstić information content (AvgIpc) is 3.55. The van der Waals surface area contributed by atoms with E-state index < -0.39 is 0 Å². The van der Waals surface area contributed by atoms with Gasteiger partial charge < -0.3 is 19.7 Å². The third-order valence-corrected chi connectivity index (χ3v) is 6.29. The van der Waals surface area contributed by atoms with Gasteiger partial charge in [-0.15, -0.1) is 0 Å². The van der Waals surface area contributed by atoms with Crippen molar-refractivity contribution in [3.63, 3.8) is 0 Å². The number of likely N-dealkylation sites (N-methyl/N-ethyl adjacent to an activating group) is 1. The quantitative estimate of drug-likeness (QED) is 0.735. The van der Waals surface area contributed by atoms with Gasteiger partial charge in [0.05, 0.1) is 32.4 Å². The molecule has 5 rings (SSSR count). The molecule has 2 saturated heterocycles. The fourth-order valence-electron chi connectivity index (χ4n) is 4.34. The number of anilines is 1. The summed E-state index contributed by atoms with van der Waals surface area (Å²) in [7, 11) is 3.58. The van der Waals surface area contributed by atoms with Gasteiger partial charge in [-0.2, -0.15) is 0 Å². The maximum Gasteiger partial charge on any atom is 0.168 e. The normalized spacial score (nSPS) is 23.0. The molecule has 7 heteroatoms. The Morgan fingerprint density at radius 2 is 2.07 bits per heavy atom. The number of nitrogens with zero attached hydrogens (tertiary/aromatic N) is 2. The molecule has 1 aliphatic carbocycles. The van der Waals surface area contributed by atoms with Crippen LogP contribution in [0.4, 0.5) is 10.1 Å². The number of ether oxygens (including phenoxy) is 2. The summed E-state index contributed by atoms with van der Waals surface area (Å²) in [5, 5.41) is 3.29. The van der Waals surface area contributed by atoms with E-state index in [2.05, 4.69) is 15.2 Å². The number of pyridine rings is 1. The summed E-state index contributed by atoms with van der Waals surface area (Å²) in [6.45, 7) is 1.60. The minimum atomic E-state index is -0.197. The number of hydrogen-bond donors (Lipinski definition) is 1. The van der Waals surface area contributed by atoms with E-state index in [1.807, 2.05) is 19.2 Å². The standard InChI is InChI=1S/C12H16FNO.C11H12N2O2/c1-14-12(5-6-12)8-9-7-10(13)3-4-11(9)15-2;14-5-8-3-9(1-2-12-8)13-10-4-11(13)7-15-6-10/h3-4,7,14H,5-6,8H2,1-2H3;1-3,5,10-11H,4,6-7H2. The fourth-order valence-corrected chi connectivity index (χ4v) is 4.34. The lowest BCUT2D eigenvalue weighted by Crippen LogP contribution is -2.64. The first-order chi connectivity index (χ1) is 14.6. The van der Waals surface area contributed by atoms with Crippen molar-refractivity contribution >= 4 is 12.0 Å². The van der Waals surface area contributed by atoms with E-state index in [0.29, 0.717) is 17.8 Å². The number of morpholine rings is 1. The van der Waals surface area contributed by atoms with Crippen molar-refractivity contribution in [2.45, 2.75) is 43.3 Å². The maximum atomic E-state index is 13.1. The molecule has 30 heavy (non-hydrogen) atoms. The van der Waals surface area contributed by atoms with Gasteiger partial charge in [0.1, 0.15) is 17.3 Å². The van der Waals surface area contributed by atoms with E-state index in [9.17, 15) is 9.18 Å². The van der Waals surface area contributed by atoms with Crippen LogP contribution in [0.1, 0.15) is 35.3 Å². The smallest absolute Gasteiger partial charge is 0.168 e. The number of benzene rings is 1. The van der Waals surface area contributed by atoms with Crippen LogP contribution in [0, 0.1) is 5.82 Å². The average molecular weight is 413 g/mol. The molecule has 2 aliphatic heterocycles. The van der Waals surface area contributed by atoms with Gasteiger partial charge in [0.15, 0.2) is 6.29 Å². The molecule has 0 radical (unpaired) electrons. The second kappa shape index (κ2) is 8.70. The van der Waals surface area contributed by atoms with E-state index in [1.54, 1.807) is 25.4 Å². The number of aldehydes is 1. The minimum Gasteiger partial charge on any atom is -0.496 e. The van der Waals surface area contributed by atoms with E-state index >= 15 is 0 Å². The van der Waals surface area contributed by atoms with E-state index in [0.717, 1.165) is 55.8 Å². The van der Waals surface area contributed by atoms with E-state index in [-0.39, 0.29) is 11.4 Å². The lowest BCUT2D eigenvalue weighted by molar-refractivity contribution is 0.0103. The summed E-state index contributed by atoms with van der Waals surface area (Å²) in [6.07, 6.45) is 6.83. The van der Waals surface area contributed by atoms with Crippen LogP contribution in [-0.4, -0.2) is 56.3 Å². The van der Waals surface area contributed by atoms with Crippen molar-refractivity contribution < 1.29 is 18.7 Å².